The number of nitrogens with zero attached hydrogens (tertiary/aromatic N) is 4. The minimum atomic E-state index is 0.440. The first-order chi connectivity index (χ1) is 10.1. The van der Waals surface area contributed by atoms with E-state index in [1.54, 1.807) is 12.4 Å². The Bertz CT molecular complexity index is 604. The van der Waals surface area contributed by atoms with Crippen molar-refractivity contribution < 1.29 is 0 Å². The highest BCUT2D eigenvalue weighted by atomic mass is 15.2. The number of hydrogen-bond donors (Lipinski definition) is 1. The fraction of sp³-hybridized carbons (Fsp3) is 0.562. The van der Waals surface area contributed by atoms with E-state index >= 15 is 0 Å². The van der Waals surface area contributed by atoms with Crippen molar-refractivity contribution in [2.24, 2.45) is 0 Å². The van der Waals surface area contributed by atoms with E-state index in [9.17, 15) is 0 Å². The summed E-state index contributed by atoms with van der Waals surface area (Å²) in [6, 6.07) is 0.582. The van der Waals surface area contributed by atoms with Crippen LogP contribution in [0.15, 0.2) is 18.6 Å². The summed E-state index contributed by atoms with van der Waals surface area (Å²) in [6.07, 6.45) is 7.78. The molecule has 5 heteroatoms. The van der Waals surface area contributed by atoms with Crippen molar-refractivity contribution in [2.75, 3.05) is 13.1 Å². The van der Waals surface area contributed by atoms with Gasteiger partial charge in [-0.15, -0.1) is 0 Å². The first-order valence-corrected chi connectivity index (χ1v) is 7.72. The molecule has 2 aromatic heterocycles. The van der Waals surface area contributed by atoms with Crippen molar-refractivity contribution in [2.45, 2.75) is 45.6 Å². The van der Waals surface area contributed by atoms with Crippen LogP contribution < -0.4 is 0 Å². The molecule has 1 fully saturated rings. The molecule has 1 aliphatic heterocycles. The maximum Gasteiger partial charge on any atom is 0.158 e. The Morgan fingerprint density at radius 3 is 2.76 bits per heavy atom. The summed E-state index contributed by atoms with van der Waals surface area (Å²) >= 11 is 0. The summed E-state index contributed by atoms with van der Waals surface area (Å²) in [5, 5.41) is 0. The lowest BCUT2D eigenvalue weighted by Gasteiger charge is -2.35. The smallest absolute Gasteiger partial charge is 0.158 e. The highest BCUT2D eigenvalue weighted by Gasteiger charge is 2.27. The molecule has 3 heterocycles. The number of likely N-dealkylation sites (tertiary alicyclic amines) is 1. The summed E-state index contributed by atoms with van der Waals surface area (Å²) in [4.78, 5) is 19.4. The van der Waals surface area contributed by atoms with E-state index < -0.39 is 0 Å². The van der Waals surface area contributed by atoms with Gasteiger partial charge in [-0.1, -0.05) is 0 Å². The molecule has 0 radical (unpaired) electrons. The lowest BCUT2D eigenvalue weighted by Crippen LogP contribution is -2.39. The van der Waals surface area contributed by atoms with Gasteiger partial charge in [0.25, 0.3) is 0 Å². The van der Waals surface area contributed by atoms with Gasteiger partial charge in [-0.2, -0.15) is 0 Å². The number of nitrogens with one attached hydrogen (secondary N) is 1. The zero-order valence-corrected chi connectivity index (χ0v) is 13.0. The van der Waals surface area contributed by atoms with E-state index in [1.807, 2.05) is 13.1 Å². The Morgan fingerprint density at radius 1 is 1.24 bits per heavy atom. The highest BCUT2D eigenvalue weighted by Crippen LogP contribution is 2.31. The molecule has 1 saturated heterocycles. The van der Waals surface area contributed by atoms with Crippen LogP contribution in [0.25, 0.3) is 11.5 Å². The van der Waals surface area contributed by atoms with Crippen LogP contribution in [0.4, 0.5) is 0 Å². The van der Waals surface area contributed by atoms with Crippen LogP contribution in [-0.4, -0.2) is 44.0 Å². The second-order valence-corrected chi connectivity index (χ2v) is 6.13. The maximum atomic E-state index is 4.63. The molecule has 3 rings (SSSR count). The van der Waals surface area contributed by atoms with Gasteiger partial charge in [0.15, 0.2) is 5.82 Å². The Hall–Kier alpha value is -1.75. The molecule has 5 nitrogen and oxygen atoms in total. The van der Waals surface area contributed by atoms with Crippen LogP contribution in [0.1, 0.15) is 44.0 Å². The fourth-order valence-corrected chi connectivity index (χ4v) is 3.06. The number of aryl methyl sites for hydroxylation is 1. The minimum absolute atomic E-state index is 0.440. The van der Waals surface area contributed by atoms with Gasteiger partial charge in [0.1, 0.15) is 5.69 Å². The van der Waals surface area contributed by atoms with E-state index in [-0.39, 0.29) is 0 Å². The van der Waals surface area contributed by atoms with Crippen molar-refractivity contribution >= 4 is 0 Å². The molecule has 0 spiro atoms. The van der Waals surface area contributed by atoms with Crippen LogP contribution in [0.5, 0.6) is 0 Å². The SMILES string of the molecule is Cc1cnc(-c2nccnc2[C@@H]2CCCN(C(C)C)C2)[nH]1. The van der Waals surface area contributed by atoms with Crippen LogP contribution in [-0.2, 0) is 0 Å². The molecule has 1 aliphatic rings. The Balaban J connectivity index is 1.92. The molecular weight excluding hydrogens is 262 g/mol. The molecule has 0 saturated carbocycles. The third-order valence-electron chi connectivity index (χ3n) is 4.22. The molecule has 21 heavy (non-hydrogen) atoms. The van der Waals surface area contributed by atoms with Crippen LogP contribution in [0.2, 0.25) is 0 Å². The van der Waals surface area contributed by atoms with Crippen molar-refractivity contribution in [3.8, 4) is 11.5 Å². The predicted molar refractivity (Wildman–Crippen MR) is 83.0 cm³/mol. The third-order valence-corrected chi connectivity index (χ3v) is 4.22. The van der Waals surface area contributed by atoms with Gasteiger partial charge in [0.05, 0.1) is 5.69 Å². The zero-order chi connectivity index (χ0) is 14.8. The highest BCUT2D eigenvalue weighted by molar-refractivity contribution is 5.53. The van der Waals surface area contributed by atoms with Crippen LogP contribution in [0.3, 0.4) is 0 Å². The quantitative estimate of drug-likeness (QED) is 0.942. The number of hydrogen-bond acceptors (Lipinski definition) is 4. The van der Waals surface area contributed by atoms with E-state index in [2.05, 4.69) is 38.7 Å². The largest absolute Gasteiger partial charge is 0.341 e. The number of rotatable bonds is 3. The molecular formula is C16H23N5. The lowest BCUT2D eigenvalue weighted by atomic mass is 9.92. The number of piperidine rings is 1. The Kier molecular flexibility index (Phi) is 4.01. The maximum absolute atomic E-state index is 4.63. The molecule has 2 aromatic rings. The van der Waals surface area contributed by atoms with Gasteiger partial charge < -0.3 is 9.88 Å². The van der Waals surface area contributed by atoms with Crippen molar-refractivity contribution in [3.05, 3.63) is 30.0 Å². The van der Waals surface area contributed by atoms with Gasteiger partial charge >= 0.3 is 0 Å². The van der Waals surface area contributed by atoms with E-state index in [0.29, 0.717) is 12.0 Å². The number of aromatic nitrogens is 4. The Labute approximate surface area is 125 Å². The summed E-state index contributed by atoms with van der Waals surface area (Å²) < 4.78 is 0. The second-order valence-electron chi connectivity index (χ2n) is 6.13. The molecule has 0 amide bonds. The van der Waals surface area contributed by atoms with Crippen LogP contribution in [0, 0.1) is 6.92 Å². The lowest BCUT2D eigenvalue weighted by molar-refractivity contribution is 0.166. The van der Waals surface area contributed by atoms with Crippen molar-refractivity contribution in [1.29, 1.82) is 0 Å². The average molecular weight is 285 g/mol. The number of H-pyrrole nitrogens is 1. The predicted octanol–water partition coefficient (Wildman–Crippen LogP) is 2.76. The Morgan fingerprint density at radius 2 is 2.05 bits per heavy atom. The zero-order valence-electron chi connectivity index (χ0n) is 13.0. The molecule has 1 atom stereocenters. The molecule has 0 aliphatic carbocycles. The normalized spacial score (nSPS) is 20.1. The topological polar surface area (TPSA) is 57.7 Å². The molecule has 0 unspecified atom stereocenters. The number of aromatic amines is 1. The first kappa shape index (κ1) is 14.2. The monoisotopic (exact) mass is 285 g/mol. The van der Waals surface area contributed by atoms with Gasteiger partial charge in [-0.3, -0.25) is 4.98 Å². The van der Waals surface area contributed by atoms with E-state index in [1.165, 1.54) is 19.4 Å². The van der Waals surface area contributed by atoms with Gasteiger partial charge in [-0.25, -0.2) is 9.97 Å². The van der Waals surface area contributed by atoms with Crippen LogP contribution >= 0.6 is 0 Å². The second kappa shape index (κ2) is 5.93. The summed E-state index contributed by atoms with van der Waals surface area (Å²) in [5.41, 5.74) is 3.03. The minimum Gasteiger partial charge on any atom is -0.341 e. The van der Waals surface area contributed by atoms with Crippen molar-refractivity contribution in [1.82, 2.24) is 24.8 Å². The molecule has 0 aromatic carbocycles. The van der Waals surface area contributed by atoms with Gasteiger partial charge in [0, 0.05) is 42.8 Å². The fourth-order valence-electron chi connectivity index (χ4n) is 3.06. The molecule has 1 N–H and O–H groups in total. The summed E-state index contributed by atoms with van der Waals surface area (Å²) in [6.45, 7) is 8.77. The summed E-state index contributed by atoms with van der Waals surface area (Å²) in [7, 11) is 0. The number of imidazole rings is 1. The first-order valence-electron chi connectivity index (χ1n) is 7.72. The standard InChI is InChI=1S/C16H23N5/c1-11(2)21-8-4-5-13(10-21)14-15(18-7-6-17-14)16-19-9-12(3)20-16/h6-7,9,11,13H,4-5,8,10H2,1-3H3,(H,19,20)/t13-/m1/s1. The summed E-state index contributed by atoms with van der Waals surface area (Å²) in [5.74, 6) is 1.27. The van der Waals surface area contributed by atoms with E-state index in [4.69, 9.17) is 0 Å². The van der Waals surface area contributed by atoms with Gasteiger partial charge in [-0.05, 0) is 40.2 Å². The molecule has 0 bridgehead atoms. The third kappa shape index (κ3) is 2.97. The van der Waals surface area contributed by atoms with E-state index in [0.717, 1.165) is 29.5 Å². The average Bonchev–Trinajstić information content (AvgIpc) is 2.94. The van der Waals surface area contributed by atoms with Gasteiger partial charge in [0.2, 0.25) is 0 Å². The molecule has 112 valence electrons. The van der Waals surface area contributed by atoms with Crippen molar-refractivity contribution in [3.63, 3.8) is 0 Å².